The van der Waals surface area contributed by atoms with Gasteiger partial charge in [-0.2, -0.15) is 0 Å². The Bertz CT molecular complexity index is 453. The molecule has 16 heavy (non-hydrogen) atoms. The van der Waals surface area contributed by atoms with Crippen LogP contribution in [-0.2, 0) is 0 Å². The van der Waals surface area contributed by atoms with Crippen molar-refractivity contribution in [3.63, 3.8) is 0 Å². The predicted molar refractivity (Wildman–Crippen MR) is 67.1 cm³/mol. The second-order valence-electron chi connectivity index (χ2n) is 3.16. The van der Waals surface area contributed by atoms with Gasteiger partial charge in [0.15, 0.2) is 0 Å². The number of hydrogen-bond acceptors (Lipinski definition) is 1. The monoisotopic (exact) mass is 317 g/mol. The third-order valence-electron chi connectivity index (χ3n) is 2.13. The van der Waals surface area contributed by atoms with E-state index in [1.165, 1.54) is 7.02 Å². The van der Waals surface area contributed by atoms with Crippen LogP contribution in [0.5, 0.6) is 0 Å². The molecule has 0 bridgehead atoms. The second-order valence-corrected chi connectivity index (χ2v) is 8.40. The van der Waals surface area contributed by atoms with Gasteiger partial charge >= 0.3 is 102 Å². The first kappa shape index (κ1) is 11.1. The van der Waals surface area contributed by atoms with Crippen LogP contribution < -0.4 is 7.02 Å². The van der Waals surface area contributed by atoms with Crippen LogP contribution in [0, 0.1) is 0 Å². The standard InChI is InChI=1S/2C6H5.N3.Sb/c2*1-2-4-6-5-3-1;1-3-2;/h2*1-5H;;/q;;-1;+1. The van der Waals surface area contributed by atoms with Gasteiger partial charge in [-0.05, 0) is 0 Å². The Kier molecular flexibility index (Phi) is 3.87. The van der Waals surface area contributed by atoms with Gasteiger partial charge in [0.25, 0.3) is 0 Å². The topological polar surface area (TPSA) is 48.8 Å². The van der Waals surface area contributed by atoms with Crippen molar-refractivity contribution in [3.05, 3.63) is 71.1 Å². The molecule has 0 unspecified atom stereocenters. The second kappa shape index (κ2) is 5.60. The molecule has 0 N–H and O–H groups in total. The van der Waals surface area contributed by atoms with Crippen molar-refractivity contribution < 1.29 is 0 Å². The van der Waals surface area contributed by atoms with E-state index in [9.17, 15) is 0 Å². The Morgan fingerprint density at radius 3 is 1.62 bits per heavy atom. The molecular formula is C12H10N3Sb. The van der Waals surface area contributed by atoms with Gasteiger partial charge < -0.3 is 0 Å². The summed E-state index contributed by atoms with van der Waals surface area (Å²) < 4.78 is 6.41. The van der Waals surface area contributed by atoms with E-state index in [-0.39, 0.29) is 0 Å². The van der Waals surface area contributed by atoms with E-state index in [0.29, 0.717) is 0 Å². The van der Waals surface area contributed by atoms with Gasteiger partial charge in [0, 0.05) is 0 Å². The summed E-state index contributed by atoms with van der Waals surface area (Å²) in [6.07, 6.45) is 0. The molecule has 0 saturated heterocycles. The van der Waals surface area contributed by atoms with Gasteiger partial charge in [0.2, 0.25) is 0 Å². The molecule has 2 aromatic carbocycles. The van der Waals surface area contributed by atoms with Gasteiger partial charge in [-0.1, -0.05) is 0 Å². The van der Waals surface area contributed by atoms with E-state index in [2.05, 4.69) is 8.19 Å². The zero-order chi connectivity index (χ0) is 11.2. The zero-order valence-electron chi connectivity index (χ0n) is 8.56. The fraction of sp³-hybridized carbons (Fsp3) is 0. The number of azide groups is 1. The van der Waals surface area contributed by atoms with Crippen LogP contribution in [0.15, 0.2) is 63.9 Å². The SMILES string of the molecule is [N-]=[N+]=[N][Sb]([c]1ccccc1)[c]1ccccc1. The van der Waals surface area contributed by atoms with Crippen molar-refractivity contribution in [2.24, 2.45) is 3.27 Å². The first-order valence-electron chi connectivity index (χ1n) is 4.87. The summed E-state index contributed by atoms with van der Waals surface area (Å²) in [7, 11) is 0. The number of rotatable bonds is 3. The molecule has 0 amide bonds. The van der Waals surface area contributed by atoms with E-state index < -0.39 is 20.5 Å². The van der Waals surface area contributed by atoms with Crippen LogP contribution in [0.3, 0.4) is 0 Å². The van der Waals surface area contributed by atoms with Crippen LogP contribution in [-0.4, -0.2) is 20.5 Å². The summed E-state index contributed by atoms with van der Waals surface area (Å²) in [5.41, 5.74) is 8.66. The van der Waals surface area contributed by atoms with Gasteiger partial charge in [0.05, 0.1) is 0 Å². The van der Waals surface area contributed by atoms with E-state index >= 15 is 0 Å². The van der Waals surface area contributed by atoms with Crippen molar-refractivity contribution in [1.82, 2.24) is 0 Å². The number of benzene rings is 2. The molecule has 4 heteroatoms. The third-order valence-corrected chi connectivity index (χ3v) is 7.36. The van der Waals surface area contributed by atoms with Gasteiger partial charge in [0.1, 0.15) is 0 Å². The Hall–Kier alpha value is -1.43. The van der Waals surface area contributed by atoms with Crippen molar-refractivity contribution in [3.8, 4) is 0 Å². The molecule has 2 aromatic rings. The Morgan fingerprint density at radius 1 is 0.812 bits per heavy atom. The van der Waals surface area contributed by atoms with E-state index in [1.54, 1.807) is 0 Å². The molecule has 0 aliphatic carbocycles. The zero-order valence-corrected chi connectivity index (χ0v) is 11.1. The molecule has 0 radical (unpaired) electrons. The first-order chi connectivity index (χ1) is 7.92. The Morgan fingerprint density at radius 2 is 1.25 bits per heavy atom. The first-order valence-corrected chi connectivity index (χ1v) is 8.56. The van der Waals surface area contributed by atoms with Crippen LogP contribution >= 0.6 is 0 Å². The maximum absolute atomic E-state index is 8.66. The molecule has 2 rings (SSSR count). The predicted octanol–water partition coefficient (Wildman–Crippen LogP) is 2.10. The summed E-state index contributed by atoms with van der Waals surface area (Å²) in [5, 5.41) is 0. The van der Waals surface area contributed by atoms with Crippen LogP contribution in [0.1, 0.15) is 0 Å². The molecule has 3 nitrogen and oxygen atoms in total. The quantitative estimate of drug-likeness (QED) is 0.360. The molecular weight excluding hydrogens is 308 g/mol. The molecule has 0 heterocycles. The number of nitrogens with zero attached hydrogens (tertiary/aromatic N) is 3. The third kappa shape index (κ3) is 2.57. The van der Waals surface area contributed by atoms with Crippen LogP contribution in [0.4, 0.5) is 0 Å². The van der Waals surface area contributed by atoms with Crippen molar-refractivity contribution >= 4 is 27.5 Å². The molecule has 0 aliphatic rings. The average molecular weight is 318 g/mol. The molecule has 78 valence electrons. The molecule has 0 saturated carbocycles. The Balaban J connectivity index is 2.43. The van der Waals surface area contributed by atoms with Crippen LogP contribution in [0.25, 0.3) is 10.4 Å². The van der Waals surface area contributed by atoms with Gasteiger partial charge in [-0.25, -0.2) is 0 Å². The van der Waals surface area contributed by atoms with Crippen LogP contribution in [0.2, 0.25) is 0 Å². The van der Waals surface area contributed by atoms with Gasteiger partial charge in [-0.3, -0.25) is 0 Å². The fourth-order valence-corrected chi connectivity index (χ4v) is 5.69. The molecule has 0 aromatic heterocycles. The van der Waals surface area contributed by atoms with Crippen molar-refractivity contribution in [2.45, 2.75) is 0 Å². The summed E-state index contributed by atoms with van der Waals surface area (Å²) in [6.45, 7) is 0. The van der Waals surface area contributed by atoms with E-state index in [4.69, 9.17) is 5.53 Å². The summed E-state index contributed by atoms with van der Waals surface area (Å²) in [5.74, 6) is 0. The molecule has 0 aliphatic heterocycles. The van der Waals surface area contributed by atoms with E-state index in [1.807, 2.05) is 60.7 Å². The van der Waals surface area contributed by atoms with Crippen molar-refractivity contribution in [2.75, 3.05) is 0 Å². The number of hydrogen-bond donors (Lipinski definition) is 0. The maximum atomic E-state index is 8.66. The van der Waals surface area contributed by atoms with Crippen molar-refractivity contribution in [1.29, 1.82) is 0 Å². The summed E-state index contributed by atoms with van der Waals surface area (Å²) in [6, 6.07) is 20.1. The minimum absolute atomic E-state index is 1.19. The van der Waals surface area contributed by atoms with Gasteiger partial charge in [-0.15, -0.1) is 0 Å². The van der Waals surface area contributed by atoms with E-state index in [0.717, 1.165) is 0 Å². The minimum atomic E-state index is -2.22. The molecule has 0 atom stereocenters. The fourth-order valence-electron chi connectivity index (χ4n) is 1.43. The average Bonchev–Trinajstić information content (AvgIpc) is 2.38. The normalized spacial score (nSPS) is 9.81. The molecule has 0 fully saturated rings. The summed E-state index contributed by atoms with van der Waals surface area (Å²) in [4.78, 5) is 3.00. The summed E-state index contributed by atoms with van der Waals surface area (Å²) >= 11 is -2.22. The molecule has 0 spiro atoms. The Labute approximate surface area is 102 Å².